The summed E-state index contributed by atoms with van der Waals surface area (Å²) in [6.45, 7) is 11.7. The van der Waals surface area contributed by atoms with Crippen molar-refractivity contribution in [2.75, 3.05) is 18.9 Å². The van der Waals surface area contributed by atoms with Crippen LogP contribution >= 0.6 is 0 Å². The highest BCUT2D eigenvalue weighted by molar-refractivity contribution is 6.05. The number of anilines is 1. The Bertz CT molecular complexity index is 1770. The van der Waals surface area contributed by atoms with Gasteiger partial charge in [0.2, 0.25) is 6.41 Å². The van der Waals surface area contributed by atoms with Gasteiger partial charge in [0.15, 0.2) is 0 Å². The molecule has 0 fully saturated rings. The van der Waals surface area contributed by atoms with Crippen molar-refractivity contribution in [3.8, 4) is 23.1 Å². The number of hydrogen-bond acceptors (Lipinski definition) is 6. The molecule has 3 amide bonds. The Kier molecular flexibility index (Phi) is 12.5. The number of pyridine rings is 1. The summed E-state index contributed by atoms with van der Waals surface area (Å²) >= 11 is 0. The van der Waals surface area contributed by atoms with E-state index in [0.717, 1.165) is 34.5 Å². The van der Waals surface area contributed by atoms with Crippen LogP contribution in [0.1, 0.15) is 78.5 Å². The van der Waals surface area contributed by atoms with E-state index in [4.69, 9.17) is 9.53 Å². The average molecular weight is 636 g/mol. The third kappa shape index (κ3) is 9.33. The fourth-order valence-electron chi connectivity index (χ4n) is 5.09. The molecule has 246 valence electrons. The number of fused-ring (bicyclic) bond motifs is 1. The van der Waals surface area contributed by atoms with Crippen molar-refractivity contribution in [1.82, 2.24) is 14.5 Å². The molecule has 2 aromatic carbocycles. The largest absolute Gasteiger partial charge is 0.443 e. The zero-order valence-electron chi connectivity index (χ0n) is 28.6. The normalized spacial score (nSPS) is 11.8. The molecule has 0 aliphatic carbocycles. The number of nitrogens with zero attached hydrogens (tertiary/aromatic N) is 3. The molecule has 3 heterocycles. The molecule has 0 atom stereocenters. The van der Waals surface area contributed by atoms with Gasteiger partial charge < -0.3 is 20.4 Å². The van der Waals surface area contributed by atoms with Crippen LogP contribution in [0.5, 0.6) is 0 Å². The molecule has 47 heavy (non-hydrogen) atoms. The molecule has 0 saturated heterocycles. The van der Waals surface area contributed by atoms with E-state index in [9.17, 15) is 9.59 Å². The van der Waals surface area contributed by atoms with Crippen LogP contribution in [0.3, 0.4) is 0 Å². The summed E-state index contributed by atoms with van der Waals surface area (Å²) in [6, 6.07) is 20.6. The van der Waals surface area contributed by atoms with E-state index < -0.39 is 11.7 Å². The van der Waals surface area contributed by atoms with E-state index in [1.165, 1.54) is 21.6 Å². The molecule has 9 heteroatoms. The van der Waals surface area contributed by atoms with E-state index in [1.807, 2.05) is 56.8 Å². The molecule has 9 nitrogen and oxygen atoms in total. The monoisotopic (exact) mass is 635 g/mol. The molecule has 0 bridgehead atoms. The average Bonchev–Trinajstić information content (AvgIpc) is 3.38. The van der Waals surface area contributed by atoms with Gasteiger partial charge in [0.25, 0.3) is 5.91 Å². The highest BCUT2D eigenvalue weighted by Gasteiger charge is 2.35. The maximum Gasteiger partial charge on any atom is 0.417 e. The van der Waals surface area contributed by atoms with Crippen LogP contribution in [0.25, 0.3) is 11.3 Å². The number of ether oxygens (including phenoxy) is 1. The third-order valence-corrected chi connectivity index (χ3v) is 7.25. The number of nitrogens with two attached hydrogens (primary N) is 1. The maximum absolute atomic E-state index is 13.4. The second-order valence-electron chi connectivity index (χ2n) is 11.8. The highest BCUT2D eigenvalue weighted by Crippen LogP contribution is 2.32. The molecule has 4 aromatic rings. The van der Waals surface area contributed by atoms with Crippen molar-refractivity contribution in [3.63, 3.8) is 0 Å². The van der Waals surface area contributed by atoms with Gasteiger partial charge in [-0.25, -0.2) is 14.7 Å². The predicted molar refractivity (Wildman–Crippen MR) is 187 cm³/mol. The zero-order chi connectivity index (χ0) is 34.7. The van der Waals surface area contributed by atoms with Crippen LogP contribution in [0.2, 0.25) is 0 Å². The molecule has 0 saturated carbocycles. The van der Waals surface area contributed by atoms with Gasteiger partial charge in [0.05, 0.1) is 16.8 Å². The zero-order valence-corrected chi connectivity index (χ0v) is 28.6. The number of hydrogen-bond donors (Lipinski definition) is 2. The summed E-state index contributed by atoms with van der Waals surface area (Å²) in [7, 11) is 3.76. The Morgan fingerprint density at radius 1 is 1.04 bits per heavy atom. The maximum atomic E-state index is 13.4. The molecule has 3 N–H and O–H groups in total. The number of aromatic nitrogens is 2. The summed E-state index contributed by atoms with van der Waals surface area (Å²) in [6.07, 6.45) is 2.75. The fraction of sp³-hybridized carbons (Fsp3) is 0.316. The fourth-order valence-corrected chi connectivity index (χ4v) is 5.09. The van der Waals surface area contributed by atoms with Gasteiger partial charge >= 0.3 is 6.09 Å². The highest BCUT2D eigenvalue weighted by atomic mass is 16.6. The minimum Gasteiger partial charge on any atom is -0.443 e. The lowest BCUT2D eigenvalue weighted by molar-refractivity contribution is -0.106. The first-order valence-corrected chi connectivity index (χ1v) is 15.7. The van der Waals surface area contributed by atoms with Crippen molar-refractivity contribution in [2.45, 2.75) is 60.0 Å². The van der Waals surface area contributed by atoms with Crippen molar-refractivity contribution < 1.29 is 19.1 Å². The first-order chi connectivity index (χ1) is 22.4. The van der Waals surface area contributed by atoms with Gasteiger partial charge in [0.1, 0.15) is 11.4 Å². The number of primary amides is 1. The summed E-state index contributed by atoms with van der Waals surface area (Å²) in [5, 5.41) is 3.10. The van der Waals surface area contributed by atoms with Crippen molar-refractivity contribution in [3.05, 3.63) is 106 Å². The van der Waals surface area contributed by atoms with Crippen molar-refractivity contribution in [1.29, 1.82) is 0 Å². The van der Waals surface area contributed by atoms with Crippen LogP contribution in [0.15, 0.2) is 66.9 Å². The quantitative estimate of drug-likeness (QED) is 0.196. The lowest BCUT2D eigenvalue weighted by Gasteiger charge is -2.28. The van der Waals surface area contributed by atoms with Crippen LogP contribution in [-0.2, 0) is 29.4 Å². The minimum absolute atomic E-state index is 0.250. The lowest BCUT2D eigenvalue weighted by Crippen LogP contribution is -2.44. The number of imide groups is 1. The van der Waals surface area contributed by atoms with E-state index in [-0.39, 0.29) is 18.9 Å². The van der Waals surface area contributed by atoms with Gasteiger partial charge in [-0.1, -0.05) is 67.6 Å². The molecule has 0 radical (unpaired) electrons. The third-order valence-electron chi connectivity index (χ3n) is 7.25. The topological polar surface area (TPSA) is 120 Å². The molecular formula is C38H45N5O4. The van der Waals surface area contributed by atoms with Gasteiger partial charge in [-0.15, -0.1) is 0 Å². The van der Waals surface area contributed by atoms with Crippen LogP contribution in [0, 0.1) is 18.8 Å². The van der Waals surface area contributed by atoms with Crippen LogP contribution in [-0.4, -0.2) is 52.1 Å². The summed E-state index contributed by atoms with van der Waals surface area (Å²) in [5.41, 5.74) is 11.9. The Labute approximate surface area is 278 Å². The first kappa shape index (κ1) is 36.1. The van der Waals surface area contributed by atoms with Crippen molar-refractivity contribution in [2.24, 2.45) is 12.8 Å². The number of aryl methyl sites for hydroxylation is 1. The smallest absolute Gasteiger partial charge is 0.417 e. The standard InChI is InChI=1S/C35H36N4O3.C2H6.CH3NO/c1-23-10-12-25(13-11-23)19-26-9-7-8-24(18-26)14-15-27-22-37-32(36-5)21-28(27)31-20-29-30(38(31)6)16-17-39(33(29)40)34(41)42-35(2,3)4;1-2;2-1-3/h7-13,18,20-22H,16-17,19H2,1-6H3,(H,36,37);1-2H3;1H,(H2,2,3). The number of carbonyl (C=O) groups excluding carboxylic acids is 3. The van der Waals surface area contributed by atoms with Gasteiger partial charge in [-0.05, 0) is 69.5 Å². The van der Waals surface area contributed by atoms with Gasteiger partial charge in [0, 0.05) is 50.1 Å². The summed E-state index contributed by atoms with van der Waals surface area (Å²) in [4.78, 5) is 40.4. The molecule has 1 aliphatic rings. The number of benzene rings is 2. The van der Waals surface area contributed by atoms with Gasteiger partial charge in [-0.3, -0.25) is 9.59 Å². The Morgan fingerprint density at radius 2 is 1.72 bits per heavy atom. The Balaban J connectivity index is 0.00000114. The molecule has 1 aliphatic heterocycles. The Morgan fingerprint density at radius 3 is 2.36 bits per heavy atom. The number of rotatable bonds is 4. The second-order valence-corrected chi connectivity index (χ2v) is 11.8. The lowest BCUT2D eigenvalue weighted by atomic mass is 10.0. The second kappa shape index (κ2) is 16.3. The summed E-state index contributed by atoms with van der Waals surface area (Å²) in [5.74, 6) is 6.99. The molecule has 2 aromatic heterocycles. The number of amides is 3. The first-order valence-electron chi connectivity index (χ1n) is 15.7. The molecule has 0 unspecified atom stereocenters. The molecular weight excluding hydrogens is 590 g/mol. The SMILES string of the molecule is CC.CNc1cc(-c2cc3c(n2C)CCN(C(=O)OC(C)(C)C)C3=O)c(C#Cc2cccc(Cc3ccc(C)cc3)c2)cn1.NC=O. The number of nitrogens with one attached hydrogen (secondary N) is 1. The summed E-state index contributed by atoms with van der Waals surface area (Å²) < 4.78 is 7.49. The van der Waals surface area contributed by atoms with E-state index in [2.05, 4.69) is 71.2 Å². The van der Waals surface area contributed by atoms with E-state index >= 15 is 0 Å². The van der Waals surface area contributed by atoms with Crippen molar-refractivity contribution >= 4 is 24.2 Å². The minimum atomic E-state index is -0.687. The van der Waals surface area contributed by atoms with E-state index in [0.29, 0.717) is 17.8 Å². The molecule has 5 rings (SSSR count). The van der Waals surface area contributed by atoms with Crippen LogP contribution in [0.4, 0.5) is 10.6 Å². The Hall–Kier alpha value is -5.36. The van der Waals surface area contributed by atoms with Gasteiger partial charge in [-0.2, -0.15) is 0 Å². The molecule has 0 spiro atoms. The van der Waals surface area contributed by atoms with Crippen LogP contribution < -0.4 is 11.1 Å². The number of carbonyl (C=O) groups is 3. The van der Waals surface area contributed by atoms with E-state index in [1.54, 1.807) is 27.0 Å². The predicted octanol–water partition coefficient (Wildman–Crippen LogP) is 6.49.